The summed E-state index contributed by atoms with van der Waals surface area (Å²) in [6, 6.07) is 8.05. The van der Waals surface area contributed by atoms with E-state index in [1.165, 1.54) is 30.9 Å². The molecular formula is C17H22ClNOS. The van der Waals surface area contributed by atoms with Crippen LogP contribution in [-0.4, -0.2) is 41.3 Å². The predicted octanol–water partition coefficient (Wildman–Crippen LogP) is 4.13. The zero-order valence-corrected chi connectivity index (χ0v) is 13.8. The van der Waals surface area contributed by atoms with Crippen LogP contribution in [0.2, 0.25) is 5.02 Å². The third kappa shape index (κ3) is 3.82. The van der Waals surface area contributed by atoms with Gasteiger partial charge in [0, 0.05) is 29.1 Å². The summed E-state index contributed by atoms with van der Waals surface area (Å²) in [5, 5.41) is 0.691. The summed E-state index contributed by atoms with van der Waals surface area (Å²) in [4.78, 5) is 15.2. The summed E-state index contributed by atoms with van der Waals surface area (Å²) in [7, 11) is 0. The Morgan fingerprint density at radius 3 is 2.57 bits per heavy atom. The summed E-state index contributed by atoms with van der Waals surface area (Å²) in [5.41, 5.74) is 0.811. The number of carbonyl (C=O) groups excluding carboxylic acids is 1. The lowest BCUT2D eigenvalue weighted by Gasteiger charge is -2.39. The van der Waals surface area contributed by atoms with Crippen molar-refractivity contribution in [1.29, 1.82) is 0 Å². The minimum Gasteiger partial charge on any atom is -0.300 e. The predicted molar refractivity (Wildman–Crippen MR) is 90.4 cm³/mol. The molecule has 0 N–H and O–H groups in total. The normalized spacial score (nSPS) is 24.9. The van der Waals surface area contributed by atoms with Crippen molar-refractivity contribution in [2.24, 2.45) is 5.92 Å². The number of hydrogen-bond donors (Lipinski definition) is 0. The van der Waals surface area contributed by atoms with Crippen molar-refractivity contribution < 1.29 is 4.79 Å². The Balaban J connectivity index is 1.64. The molecule has 0 aliphatic carbocycles. The molecule has 1 atom stereocenters. The SMILES string of the molecule is O=C(c1ccc(Cl)cc1)[C@H]1CCCN(C2CCSCC2)C1. The summed E-state index contributed by atoms with van der Waals surface area (Å²) >= 11 is 7.97. The molecule has 2 nitrogen and oxygen atoms in total. The van der Waals surface area contributed by atoms with E-state index in [4.69, 9.17) is 11.6 Å². The van der Waals surface area contributed by atoms with Gasteiger partial charge >= 0.3 is 0 Å². The molecule has 0 unspecified atom stereocenters. The Morgan fingerprint density at radius 1 is 1.14 bits per heavy atom. The van der Waals surface area contributed by atoms with Gasteiger partial charge in [-0.1, -0.05) is 11.6 Å². The molecule has 2 fully saturated rings. The number of carbonyl (C=O) groups is 1. The molecule has 1 aromatic carbocycles. The number of nitrogens with zero attached hydrogens (tertiary/aromatic N) is 1. The van der Waals surface area contributed by atoms with Crippen LogP contribution in [0.4, 0.5) is 0 Å². The monoisotopic (exact) mass is 323 g/mol. The van der Waals surface area contributed by atoms with Gasteiger partial charge < -0.3 is 0 Å². The van der Waals surface area contributed by atoms with Crippen molar-refractivity contribution in [3.8, 4) is 0 Å². The van der Waals surface area contributed by atoms with E-state index in [-0.39, 0.29) is 5.92 Å². The number of Topliss-reactive ketones (excluding diaryl/α,β-unsaturated/α-hetero) is 1. The standard InChI is InChI=1S/C17H22ClNOS/c18-15-5-3-13(4-6-15)17(20)14-2-1-9-19(12-14)16-7-10-21-11-8-16/h3-6,14,16H,1-2,7-12H2/t14-/m0/s1. The van der Waals surface area contributed by atoms with Crippen LogP contribution in [-0.2, 0) is 0 Å². The fourth-order valence-electron chi connectivity index (χ4n) is 3.45. The second-order valence-electron chi connectivity index (χ2n) is 6.05. The fourth-order valence-corrected chi connectivity index (χ4v) is 4.66. The van der Waals surface area contributed by atoms with Crippen LogP contribution in [0.1, 0.15) is 36.0 Å². The average Bonchev–Trinajstić information content (AvgIpc) is 2.56. The highest BCUT2D eigenvalue weighted by atomic mass is 35.5. The van der Waals surface area contributed by atoms with Gasteiger partial charge in [0.1, 0.15) is 0 Å². The van der Waals surface area contributed by atoms with Crippen molar-refractivity contribution >= 4 is 29.1 Å². The molecular weight excluding hydrogens is 302 g/mol. The molecule has 0 aromatic heterocycles. The number of likely N-dealkylation sites (tertiary alicyclic amines) is 1. The van der Waals surface area contributed by atoms with Gasteiger partial charge in [-0.15, -0.1) is 0 Å². The first-order chi connectivity index (χ1) is 10.2. The highest BCUT2D eigenvalue weighted by Gasteiger charge is 2.30. The van der Waals surface area contributed by atoms with E-state index in [1.54, 1.807) is 0 Å². The third-order valence-corrected chi connectivity index (χ3v) is 5.96. The van der Waals surface area contributed by atoms with Crippen LogP contribution >= 0.6 is 23.4 Å². The maximum Gasteiger partial charge on any atom is 0.167 e. The highest BCUT2D eigenvalue weighted by Crippen LogP contribution is 2.28. The van der Waals surface area contributed by atoms with Crippen molar-refractivity contribution in [3.05, 3.63) is 34.9 Å². The molecule has 114 valence electrons. The lowest BCUT2D eigenvalue weighted by Crippen LogP contribution is -2.46. The van der Waals surface area contributed by atoms with E-state index >= 15 is 0 Å². The Labute approximate surface area is 136 Å². The topological polar surface area (TPSA) is 20.3 Å². The Morgan fingerprint density at radius 2 is 1.86 bits per heavy atom. The quantitative estimate of drug-likeness (QED) is 0.780. The molecule has 2 saturated heterocycles. The zero-order chi connectivity index (χ0) is 14.7. The Bertz CT molecular complexity index is 484. The van der Waals surface area contributed by atoms with E-state index in [0.717, 1.165) is 24.9 Å². The van der Waals surface area contributed by atoms with Crippen molar-refractivity contribution in [1.82, 2.24) is 4.90 Å². The largest absolute Gasteiger partial charge is 0.300 e. The third-order valence-electron chi connectivity index (χ3n) is 4.66. The van der Waals surface area contributed by atoms with Gasteiger partial charge in [-0.05, 0) is 68.0 Å². The van der Waals surface area contributed by atoms with Crippen LogP contribution in [0, 0.1) is 5.92 Å². The van der Waals surface area contributed by atoms with Crippen LogP contribution in [0.15, 0.2) is 24.3 Å². The smallest absolute Gasteiger partial charge is 0.167 e. The first-order valence-corrected chi connectivity index (χ1v) is 9.39. The van der Waals surface area contributed by atoms with Crippen LogP contribution in [0.3, 0.4) is 0 Å². The first kappa shape index (κ1) is 15.4. The van der Waals surface area contributed by atoms with Gasteiger partial charge in [0.05, 0.1) is 0 Å². The second-order valence-corrected chi connectivity index (χ2v) is 7.71. The van der Waals surface area contributed by atoms with Crippen LogP contribution in [0.25, 0.3) is 0 Å². The highest BCUT2D eigenvalue weighted by molar-refractivity contribution is 7.99. The summed E-state index contributed by atoms with van der Waals surface area (Å²) in [5.74, 6) is 3.00. The Hall–Kier alpha value is -0.510. The molecule has 1 aromatic rings. The van der Waals surface area contributed by atoms with E-state index in [2.05, 4.69) is 16.7 Å². The van der Waals surface area contributed by atoms with Gasteiger partial charge in [-0.25, -0.2) is 0 Å². The first-order valence-electron chi connectivity index (χ1n) is 7.85. The second kappa shape index (κ2) is 7.17. The number of benzene rings is 1. The van der Waals surface area contributed by atoms with Gasteiger partial charge in [0.2, 0.25) is 0 Å². The van der Waals surface area contributed by atoms with E-state index in [1.807, 2.05) is 24.3 Å². The molecule has 0 radical (unpaired) electrons. The van der Waals surface area contributed by atoms with E-state index in [0.29, 0.717) is 16.8 Å². The average molecular weight is 324 g/mol. The zero-order valence-electron chi connectivity index (χ0n) is 12.3. The van der Waals surface area contributed by atoms with E-state index < -0.39 is 0 Å². The number of piperidine rings is 1. The van der Waals surface area contributed by atoms with Crippen molar-refractivity contribution in [2.45, 2.75) is 31.7 Å². The molecule has 4 heteroatoms. The summed E-state index contributed by atoms with van der Waals surface area (Å²) < 4.78 is 0. The summed E-state index contributed by atoms with van der Waals surface area (Å²) in [6.07, 6.45) is 4.74. The summed E-state index contributed by atoms with van der Waals surface area (Å²) in [6.45, 7) is 2.11. The molecule has 0 bridgehead atoms. The maximum absolute atomic E-state index is 12.7. The molecule has 0 spiro atoms. The lowest BCUT2D eigenvalue weighted by atomic mass is 9.89. The number of hydrogen-bond acceptors (Lipinski definition) is 3. The molecule has 0 amide bonds. The van der Waals surface area contributed by atoms with Crippen molar-refractivity contribution in [3.63, 3.8) is 0 Å². The number of ketones is 1. The molecule has 3 rings (SSSR count). The van der Waals surface area contributed by atoms with Gasteiger partial charge in [0.25, 0.3) is 0 Å². The van der Waals surface area contributed by atoms with Crippen LogP contribution < -0.4 is 0 Å². The van der Waals surface area contributed by atoms with E-state index in [9.17, 15) is 4.79 Å². The molecule has 21 heavy (non-hydrogen) atoms. The molecule has 0 saturated carbocycles. The molecule has 2 heterocycles. The number of thioether (sulfide) groups is 1. The minimum absolute atomic E-state index is 0.162. The number of rotatable bonds is 3. The Kier molecular flexibility index (Phi) is 5.25. The van der Waals surface area contributed by atoms with Crippen LogP contribution in [0.5, 0.6) is 0 Å². The minimum atomic E-state index is 0.162. The molecule has 2 aliphatic rings. The fraction of sp³-hybridized carbons (Fsp3) is 0.588. The van der Waals surface area contributed by atoms with Gasteiger partial charge in [-0.3, -0.25) is 9.69 Å². The molecule has 2 aliphatic heterocycles. The van der Waals surface area contributed by atoms with Crippen molar-refractivity contribution in [2.75, 3.05) is 24.6 Å². The maximum atomic E-state index is 12.7. The lowest BCUT2D eigenvalue weighted by molar-refractivity contribution is 0.0741. The van der Waals surface area contributed by atoms with Gasteiger partial charge in [0.15, 0.2) is 5.78 Å². The number of halogens is 1. The van der Waals surface area contributed by atoms with Gasteiger partial charge in [-0.2, -0.15) is 11.8 Å².